The molecule has 0 aliphatic rings. The third-order valence-electron chi connectivity index (χ3n) is 1.64. The smallest absolute Gasteiger partial charge is 0.0285 e. The lowest BCUT2D eigenvalue weighted by Crippen LogP contribution is -1.84. The Morgan fingerprint density at radius 2 is 1.75 bits per heavy atom. The van der Waals surface area contributed by atoms with Crippen LogP contribution in [0.2, 0.25) is 0 Å². The zero-order valence-corrected chi connectivity index (χ0v) is 9.90. The molecule has 0 saturated carbocycles. The van der Waals surface area contributed by atoms with Gasteiger partial charge < -0.3 is 0 Å². The van der Waals surface area contributed by atoms with Crippen molar-refractivity contribution in [3.8, 4) is 0 Å². The summed E-state index contributed by atoms with van der Waals surface area (Å²) in [6.07, 6.45) is 0. The Morgan fingerprint density at radius 1 is 1.17 bits per heavy atom. The molecule has 0 heterocycles. The summed E-state index contributed by atoms with van der Waals surface area (Å²) in [4.78, 5) is 0. The Hall–Kier alpha value is -0.300. The van der Waals surface area contributed by atoms with Crippen LogP contribution in [-0.2, 0) is 5.33 Å². The van der Waals surface area contributed by atoms with Gasteiger partial charge in [0.05, 0.1) is 0 Å². The molecule has 0 nitrogen and oxygen atoms in total. The molecule has 0 bridgehead atoms. The van der Waals surface area contributed by atoms with E-state index in [4.69, 9.17) is 0 Å². The zero-order valence-electron chi connectivity index (χ0n) is 8.32. The maximum atomic E-state index is 3.43. The third kappa shape index (κ3) is 3.40. The van der Waals surface area contributed by atoms with Gasteiger partial charge in [0, 0.05) is 5.33 Å². The molecule has 0 fully saturated rings. The molecule has 12 heavy (non-hydrogen) atoms. The van der Waals surface area contributed by atoms with E-state index in [0.717, 1.165) is 5.33 Å². The molecule has 0 atom stereocenters. The lowest BCUT2D eigenvalue weighted by atomic mass is 10.1. The molecule has 0 aliphatic heterocycles. The second-order valence-corrected chi connectivity index (χ2v) is 3.12. The quantitative estimate of drug-likeness (QED) is 0.632. The minimum absolute atomic E-state index is 0.957. The Kier molecular flexibility index (Phi) is 6.09. The van der Waals surface area contributed by atoms with Crippen molar-refractivity contribution in [3.05, 3.63) is 34.9 Å². The lowest BCUT2D eigenvalue weighted by Gasteiger charge is -2.01. The molecular formula is C11H17Br. The zero-order chi connectivity index (χ0) is 9.56. The van der Waals surface area contributed by atoms with E-state index in [9.17, 15) is 0 Å². The van der Waals surface area contributed by atoms with Crippen LogP contribution >= 0.6 is 15.9 Å². The van der Waals surface area contributed by atoms with E-state index >= 15 is 0 Å². The van der Waals surface area contributed by atoms with Crippen molar-refractivity contribution in [1.29, 1.82) is 0 Å². The first kappa shape index (κ1) is 11.7. The van der Waals surface area contributed by atoms with E-state index in [1.54, 1.807) is 0 Å². The number of hydrogen-bond donors (Lipinski definition) is 0. The van der Waals surface area contributed by atoms with Gasteiger partial charge in [-0.1, -0.05) is 53.5 Å². The first-order valence-corrected chi connectivity index (χ1v) is 5.48. The SMILES string of the molecule is CC.Cc1ccc(CBr)c(C)c1. The number of benzene rings is 1. The summed E-state index contributed by atoms with van der Waals surface area (Å²) >= 11 is 3.43. The van der Waals surface area contributed by atoms with Gasteiger partial charge in [-0.3, -0.25) is 0 Å². The standard InChI is InChI=1S/C9H11Br.C2H6/c1-7-3-4-9(6-10)8(2)5-7;1-2/h3-5H,6H2,1-2H3;1-2H3. The third-order valence-corrected chi connectivity index (χ3v) is 2.25. The normalized spacial score (nSPS) is 8.75. The van der Waals surface area contributed by atoms with Crippen LogP contribution in [0, 0.1) is 13.8 Å². The molecule has 1 aromatic rings. The van der Waals surface area contributed by atoms with Crippen LogP contribution in [0.15, 0.2) is 18.2 Å². The predicted octanol–water partition coefficient (Wildman–Crippen LogP) is 4.22. The van der Waals surface area contributed by atoms with Crippen molar-refractivity contribution in [1.82, 2.24) is 0 Å². The summed E-state index contributed by atoms with van der Waals surface area (Å²) in [5.41, 5.74) is 4.09. The first-order valence-electron chi connectivity index (χ1n) is 4.36. The highest BCUT2D eigenvalue weighted by atomic mass is 79.9. The van der Waals surface area contributed by atoms with E-state index in [-0.39, 0.29) is 0 Å². The molecule has 1 aromatic carbocycles. The average Bonchev–Trinajstić information content (AvgIpc) is 2.08. The summed E-state index contributed by atoms with van der Waals surface area (Å²) in [5, 5.41) is 0.957. The van der Waals surface area contributed by atoms with Gasteiger partial charge in [-0.25, -0.2) is 0 Å². The highest BCUT2D eigenvalue weighted by Gasteiger charge is 1.94. The summed E-state index contributed by atoms with van der Waals surface area (Å²) in [6, 6.07) is 6.51. The molecule has 68 valence electrons. The fourth-order valence-electron chi connectivity index (χ4n) is 0.996. The molecule has 0 saturated heterocycles. The molecule has 0 unspecified atom stereocenters. The van der Waals surface area contributed by atoms with Crippen LogP contribution in [0.4, 0.5) is 0 Å². The maximum Gasteiger partial charge on any atom is 0.0285 e. The second kappa shape index (κ2) is 6.24. The van der Waals surface area contributed by atoms with Crippen LogP contribution in [-0.4, -0.2) is 0 Å². The van der Waals surface area contributed by atoms with Gasteiger partial charge in [-0.2, -0.15) is 0 Å². The predicted molar refractivity (Wildman–Crippen MR) is 59.9 cm³/mol. The summed E-state index contributed by atoms with van der Waals surface area (Å²) in [7, 11) is 0. The summed E-state index contributed by atoms with van der Waals surface area (Å²) in [6.45, 7) is 8.26. The van der Waals surface area contributed by atoms with Crippen LogP contribution in [0.5, 0.6) is 0 Å². The van der Waals surface area contributed by atoms with Crippen LogP contribution in [0.25, 0.3) is 0 Å². The van der Waals surface area contributed by atoms with Gasteiger partial charge in [0.25, 0.3) is 0 Å². The van der Waals surface area contributed by atoms with Crippen LogP contribution in [0.3, 0.4) is 0 Å². The number of rotatable bonds is 1. The van der Waals surface area contributed by atoms with E-state index in [1.807, 2.05) is 13.8 Å². The van der Waals surface area contributed by atoms with Crippen molar-refractivity contribution < 1.29 is 0 Å². The van der Waals surface area contributed by atoms with Crippen molar-refractivity contribution in [2.75, 3.05) is 0 Å². The van der Waals surface area contributed by atoms with Crippen molar-refractivity contribution >= 4 is 15.9 Å². The van der Waals surface area contributed by atoms with E-state index < -0.39 is 0 Å². The van der Waals surface area contributed by atoms with Gasteiger partial charge in [0.15, 0.2) is 0 Å². The Balaban J connectivity index is 0.000000561. The molecule has 0 aromatic heterocycles. The minimum Gasteiger partial charge on any atom is -0.0876 e. The molecule has 0 amide bonds. The van der Waals surface area contributed by atoms with E-state index in [2.05, 4.69) is 48.0 Å². The molecule has 1 rings (SSSR count). The Morgan fingerprint density at radius 3 is 2.17 bits per heavy atom. The monoisotopic (exact) mass is 228 g/mol. The molecular weight excluding hydrogens is 212 g/mol. The van der Waals surface area contributed by atoms with Gasteiger partial charge in [-0.05, 0) is 25.0 Å². The van der Waals surface area contributed by atoms with Crippen molar-refractivity contribution in [2.45, 2.75) is 33.0 Å². The fourth-order valence-corrected chi connectivity index (χ4v) is 1.62. The number of alkyl halides is 1. The van der Waals surface area contributed by atoms with Crippen LogP contribution < -0.4 is 0 Å². The number of hydrogen-bond acceptors (Lipinski definition) is 0. The topological polar surface area (TPSA) is 0 Å². The Bertz CT molecular complexity index is 228. The average molecular weight is 229 g/mol. The van der Waals surface area contributed by atoms with Crippen molar-refractivity contribution in [3.63, 3.8) is 0 Å². The van der Waals surface area contributed by atoms with Crippen LogP contribution in [0.1, 0.15) is 30.5 Å². The Labute approximate surface area is 84.1 Å². The molecule has 0 N–H and O–H groups in total. The number of aryl methyl sites for hydroxylation is 2. The molecule has 1 heteroatoms. The molecule has 0 spiro atoms. The maximum absolute atomic E-state index is 3.43. The second-order valence-electron chi connectivity index (χ2n) is 2.56. The first-order chi connectivity index (χ1) is 5.74. The van der Waals surface area contributed by atoms with Crippen molar-refractivity contribution in [2.24, 2.45) is 0 Å². The minimum atomic E-state index is 0.957. The highest BCUT2D eigenvalue weighted by molar-refractivity contribution is 9.08. The van der Waals surface area contributed by atoms with Gasteiger partial charge >= 0.3 is 0 Å². The number of halogens is 1. The van der Waals surface area contributed by atoms with E-state index in [1.165, 1.54) is 16.7 Å². The largest absolute Gasteiger partial charge is 0.0876 e. The van der Waals surface area contributed by atoms with E-state index in [0.29, 0.717) is 0 Å². The lowest BCUT2D eigenvalue weighted by molar-refractivity contribution is 1.28. The highest BCUT2D eigenvalue weighted by Crippen LogP contribution is 2.12. The molecule has 0 radical (unpaired) electrons. The van der Waals surface area contributed by atoms with Gasteiger partial charge in [-0.15, -0.1) is 0 Å². The van der Waals surface area contributed by atoms with Gasteiger partial charge in [0.1, 0.15) is 0 Å². The van der Waals surface area contributed by atoms with Gasteiger partial charge in [0.2, 0.25) is 0 Å². The fraction of sp³-hybridized carbons (Fsp3) is 0.455. The summed E-state index contributed by atoms with van der Waals surface area (Å²) < 4.78 is 0. The molecule has 0 aliphatic carbocycles. The summed E-state index contributed by atoms with van der Waals surface area (Å²) in [5.74, 6) is 0.